The molecule has 0 amide bonds. The van der Waals surface area contributed by atoms with Gasteiger partial charge in [-0.2, -0.15) is 0 Å². The Labute approximate surface area is 144 Å². The summed E-state index contributed by atoms with van der Waals surface area (Å²) in [6, 6.07) is 15.2. The van der Waals surface area contributed by atoms with Crippen molar-refractivity contribution in [2.24, 2.45) is 11.5 Å². The number of benzene rings is 2. The summed E-state index contributed by atoms with van der Waals surface area (Å²) >= 11 is 0. The third kappa shape index (κ3) is 2.88. The van der Waals surface area contributed by atoms with Gasteiger partial charge in [0.25, 0.3) is 0 Å². The number of nitrogen functional groups attached to an aromatic ring is 1. The van der Waals surface area contributed by atoms with Crippen molar-refractivity contribution in [2.75, 3.05) is 5.73 Å². The van der Waals surface area contributed by atoms with Gasteiger partial charge in [0, 0.05) is 16.8 Å². The molecule has 0 saturated carbocycles. The molecular formula is C19H19N3O3. The molecule has 6 nitrogen and oxygen atoms in total. The van der Waals surface area contributed by atoms with Gasteiger partial charge in [-0.05, 0) is 41.5 Å². The molecule has 0 aromatic heterocycles. The fourth-order valence-corrected chi connectivity index (χ4v) is 2.77. The second-order valence-corrected chi connectivity index (χ2v) is 6.03. The van der Waals surface area contributed by atoms with Crippen LogP contribution in [0.1, 0.15) is 15.9 Å². The Balaban J connectivity index is 2.23. The van der Waals surface area contributed by atoms with E-state index in [4.69, 9.17) is 17.2 Å². The highest BCUT2D eigenvalue weighted by Crippen LogP contribution is 2.36. The van der Waals surface area contributed by atoms with Crippen molar-refractivity contribution < 1.29 is 15.0 Å². The highest BCUT2D eigenvalue weighted by molar-refractivity contribution is 6.16. The Hall–Kier alpha value is -2.77. The SMILES string of the molecule is Nc1ccc(C(=O)C2=C(c3ccccc3)C=CC(O)(O)C2(N)N)cc1. The van der Waals surface area contributed by atoms with Crippen molar-refractivity contribution >= 4 is 17.0 Å². The molecular weight excluding hydrogens is 318 g/mol. The average molecular weight is 337 g/mol. The van der Waals surface area contributed by atoms with Crippen molar-refractivity contribution in [1.29, 1.82) is 0 Å². The fourth-order valence-electron chi connectivity index (χ4n) is 2.77. The predicted molar refractivity (Wildman–Crippen MR) is 96.0 cm³/mol. The number of anilines is 1. The molecule has 0 unspecified atom stereocenters. The Kier molecular flexibility index (Phi) is 4.06. The largest absolute Gasteiger partial charge is 0.399 e. The summed E-state index contributed by atoms with van der Waals surface area (Å²) in [6.45, 7) is 0. The van der Waals surface area contributed by atoms with E-state index < -0.39 is 17.2 Å². The zero-order valence-electron chi connectivity index (χ0n) is 13.4. The molecule has 3 rings (SSSR count). The topological polar surface area (TPSA) is 136 Å². The molecule has 0 radical (unpaired) electrons. The van der Waals surface area contributed by atoms with Crippen molar-refractivity contribution in [3.05, 3.63) is 83.4 Å². The van der Waals surface area contributed by atoms with Crippen LogP contribution in [-0.2, 0) is 0 Å². The summed E-state index contributed by atoms with van der Waals surface area (Å²) in [5, 5.41) is 20.4. The van der Waals surface area contributed by atoms with E-state index in [-0.39, 0.29) is 5.57 Å². The van der Waals surface area contributed by atoms with Crippen LogP contribution in [0.15, 0.2) is 72.3 Å². The zero-order valence-corrected chi connectivity index (χ0v) is 13.4. The second kappa shape index (κ2) is 5.94. The Morgan fingerprint density at radius 2 is 1.52 bits per heavy atom. The third-order valence-corrected chi connectivity index (χ3v) is 4.26. The molecule has 2 aromatic rings. The normalized spacial score (nSPS) is 18.2. The van der Waals surface area contributed by atoms with Gasteiger partial charge < -0.3 is 27.4 Å². The summed E-state index contributed by atoms with van der Waals surface area (Å²) in [4.78, 5) is 13.1. The number of allylic oxidation sites excluding steroid dienone is 2. The lowest BCUT2D eigenvalue weighted by molar-refractivity contribution is -0.158. The first-order valence-electron chi connectivity index (χ1n) is 7.66. The molecule has 0 aliphatic heterocycles. The predicted octanol–water partition coefficient (Wildman–Crippen LogP) is 0.770. The standard InChI is InChI=1S/C19H19N3O3/c20-14-8-6-13(7-9-14)17(23)16-15(12-4-2-1-3-5-12)10-11-18(24,25)19(16,21)22/h1-11,24-25H,20-22H2. The minimum Gasteiger partial charge on any atom is -0.399 e. The Bertz CT molecular complexity index is 867. The Morgan fingerprint density at radius 3 is 2.12 bits per heavy atom. The first-order valence-corrected chi connectivity index (χ1v) is 7.66. The van der Waals surface area contributed by atoms with Crippen LogP contribution in [0.5, 0.6) is 0 Å². The number of aliphatic hydroxyl groups is 2. The molecule has 0 spiro atoms. The van der Waals surface area contributed by atoms with E-state index in [1.165, 1.54) is 18.2 Å². The summed E-state index contributed by atoms with van der Waals surface area (Å²) in [7, 11) is 0. The van der Waals surface area contributed by atoms with Crippen molar-refractivity contribution in [3.8, 4) is 0 Å². The Morgan fingerprint density at radius 1 is 0.920 bits per heavy atom. The van der Waals surface area contributed by atoms with Crippen LogP contribution < -0.4 is 17.2 Å². The molecule has 128 valence electrons. The van der Waals surface area contributed by atoms with Gasteiger partial charge in [0.1, 0.15) is 0 Å². The summed E-state index contributed by atoms with van der Waals surface area (Å²) in [5.41, 5.74) is 17.3. The minimum absolute atomic E-state index is 0.0871. The molecule has 6 heteroatoms. The number of Topliss-reactive ketones (excluding diaryl/α,β-unsaturated/α-hetero) is 1. The number of hydrogen-bond acceptors (Lipinski definition) is 6. The number of carbonyl (C=O) groups is 1. The van der Waals surface area contributed by atoms with Crippen LogP contribution in [0.3, 0.4) is 0 Å². The van der Waals surface area contributed by atoms with Crippen LogP contribution in [0.2, 0.25) is 0 Å². The third-order valence-electron chi connectivity index (χ3n) is 4.26. The lowest BCUT2D eigenvalue weighted by atomic mass is 9.77. The molecule has 0 heterocycles. The highest BCUT2D eigenvalue weighted by atomic mass is 16.5. The molecule has 8 N–H and O–H groups in total. The lowest BCUT2D eigenvalue weighted by Crippen LogP contribution is -2.69. The van der Waals surface area contributed by atoms with Crippen molar-refractivity contribution in [3.63, 3.8) is 0 Å². The van der Waals surface area contributed by atoms with Gasteiger partial charge in [0.2, 0.25) is 5.79 Å². The van der Waals surface area contributed by atoms with Crippen LogP contribution in [0, 0.1) is 0 Å². The van der Waals surface area contributed by atoms with E-state index in [1.807, 2.05) is 6.07 Å². The maximum absolute atomic E-state index is 13.1. The number of ketones is 1. The summed E-state index contributed by atoms with van der Waals surface area (Å²) in [5.74, 6) is -3.06. The number of rotatable bonds is 3. The first-order chi connectivity index (χ1) is 11.7. The molecule has 0 fully saturated rings. The van der Waals surface area contributed by atoms with Gasteiger partial charge in [-0.3, -0.25) is 4.79 Å². The van der Waals surface area contributed by atoms with Crippen LogP contribution >= 0.6 is 0 Å². The monoisotopic (exact) mass is 337 g/mol. The molecule has 0 atom stereocenters. The first kappa shape index (κ1) is 17.1. The minimum atomic E-state index is -2.57. The maximum atomic E-state index is 13.1. The highest BCUT2D eigenvalue weighted by Gasteiger charge is 2.50. The fraction of sp³-hybridized carbons (Fsp3) is 0.105. The smallest absolute Gasteiger partial charge is 0.220 e. The molecule has 0 bridgehead atoms. The lowest BCUT2D eigenvalue weighted by Gasteiger charge is -2.40. The van der Waals surface area contributed by atoms with Gasteiger partial charge in [0.15, 0.2) is 11.4 Å². The maximum Gasteiger partial charge on any atom is 0.220 e. The van der Waals surface area contributed by atoms with E-state index in [0.29, 0.717) is 22.4 Å². The van der Waals surface area contributed by atoms with Crippen LogP contribution in [0.4, 0.5) is 5.69 Å². The second-order valence-electron chi connectivity index (χ2n) is 6.03. The molecule has 2 aromatic carbocycles. The number of carbonyl (C=O) groups excluding carboxylic acids is 1. The molecule has 1 aliphatic rings. The summed E-state index contributed by atoms with van der Waals surface area (Å²) < 4.78 is 0. The van der Waals surface area contributed by atoms with Gasteiger partial charge in [-0.25, -0.2) is 0 Å². The van der Waals surface area contributed by atoms with Crippen molar-refractivity contribution in [1.82, 2.24) is 0 Å². The summed E-state index contributed by atoms with van der Waals surface area (Å²) in [6.07, 6.45) is 2.52. The van der Waals surface area contributed by atoms with Gasteiger partial charge in [0.05, 0.1) is 0 Å². The zero-order chi connectivity index (χ0) is 18.2. The van der Waals surface area contributed by atoms with Crippen LogP contribution in [0.25, 0.3) is 5.57 Å². The molecule has 25 heavy (non-hydrogen) atoms. The van der Waals surface area contributed by atoms with E-state index in [2.05, 4.69) is 0 Å². The molecule has 1 aliphatic carbocycles. The number of hydrogen-bond donors (Lipinski definition) is 5. The number of nitrogens with two attached hydrogens (primary N) is 3. The van der Waals surface area contributed by atoms with Crippen LogP contribution in [-0.4, -0.2) is 27.4 Å². The quantitative estimate of drug-likeness (QED) is 0.319. The van der Waals surface area contributed by atoms with Gasteiger partial charge in [-0.15, -0.1) is 0 Å². The van der Waals surface area contributed by atoms with E-state index >= 15 is 0 Å². The average Bonchev–Trinajstić information content (AvgIpc) is 2.58. The molecule has 0 saturated heterocycles. The van der Waals surface area contributed by atoms with Crippen molar-refractivity contribution in [2.45, 2.75) is 11.4 Å². The van der Waals surface area contributed by atoms with Gasteiger partial charge >= 0.3 is 0 Å². The van der Waals surface area contributed by atoms with E-state index in [1.54, 1.807) is 36.4 Å². The van der Waals surface area contributed by atoms with Gasteiger partial charge in [-0.1, -0.05) is 36.4 Å². The van der Waals surface area contributed by atoms with E-state index in [0.717, 1.165) is 6.08 Å². The van der Waals surface area contributed by atoms with E-state index in [9.17, 15) is 15.0 Å².